The highest BCUT2D eigenvalue weighted by Crippen LogP contribution is 2.29. The van der Waals surface area contributed by atoms with E-state index in [1.165, 1.54) is 0 Å². The lowest BCUT2D eigenvalue weighted by atomic mass is 9.97. The molecule has 0 bridgehead atoms. The first-order valence-corrected chi connectivity index (χ1v) is 6.79. The van der Waals surface area contributed by atoms with Crippen molar-refractivity contribution in [2.75, 3.05) is 6.54 Å². The van der Waals surface area contributed by atoms with Crippen LogP contribution in [0, 0.1) is 0 Å². The van der Waals surface area contributed by atoms with Gasteiger partial charge in [-0.1, -0.05) is 36.0 Å². The van der Waals surface area contributed by atoms with E-state index in [9.17, 15) is 4.79 Å². The summed E-state index contributed by atoms with van der Waals surface area (Å²) in [5, 5.41) is 3.87. The molecule has 1 aliphatic carbocycles. The molecule has 0 unspecified atom stereocenters. The normalized spacial score (nSPS) is 16.8. The van der Waals surface area contributed by atoms with Gasteiger partial charge < -0.3 is 11.1 Å². The fraction of sp³-hybridized carbons (Fsp3) is 0.462. The Labute approximate surface area is 129 Å². The summed E-state index contributed by atoms with van der Waals surface area (Å²) in [5.74, 6) is -0.138. The molecule has 0 atom stereocenters. The maximum absolute atomic E-state index is 12.2. The molecule has 6 heteroatoms. The number of hydrogen-bond donors (Lipinski definition) is 2. The summed E-state index contributed by atoms with van der Waals surface area (Å²) in [4.78, 5) is 12.2. The number of carbonyl (C=O) groups excluding carboxylic acids is 1. The van der Waals surface area contributed by atoms with Crippen molar-refractivity contribution in [2.24, 2.45) is 5.73 Å². The van der Waals surface area contributed by atoms with Crippen molar-refractivity contribution in [1.82, 2.24) is 5.32 Å². The lowest BCUT2D eigenvalue weighted by Gasteiger charge is -2.28. The standard InChI is InChI=1S/C13H16Cl2N2O.ClH/c14-10-4-3-9(7-11(10)15)12(18)17-13(8-16)5-1-2-6-13;/h3-4,7H,1-2,5-6,8,16H2,(H,17,18);1H. The molecule has 0 aliphatic heterocycles. The largest absolute Gasteiger partial charge is 0.345 e. The van der Waals surface area contributed by atoms with Gasteiger partial charge in [0.1, 0.15) is 0 Å². The summed E-state index contributed by atoms with van der Waals surface area (Å²) in [6, 6.07) is 4.88. The van der Waals surface area contributed by atoms with Crippen LogP contribution in [0.2, 0.25) is 10.0 Å². The number of rotatable bonds is 3. The van der Waals surface area contributed by atoms with E-state index in [4.69, 9.17) is 28.9 Å². The number of amides is 1. The van der Waals surface area contributed by atoms with E-state index >= 15 is 0 Å². The van der Waals surface area contributed by atoms with Crippen molar-refractivity contribution >= 4 is 41.5 Å². The Bertz CT molecular complexity index is 459. The fourth-order valence-electron chi connectivity index (χ4n) is 2.38. The van der Waals surface area contributed by atoms with E-state index in [2.05, 4.69) is 5.32 Å². The molecule has 1 aromatic rings. The van der Waals surface area contributed by atoms with Gasteiger partial charge in [-0.3, -0.25) is 4.79 Å². The van der Waals surface area contributed by atoms with Crippen molar-refractivity contribution in [3.05, 3.63) is 33.8 Å². The fourth-order valence-corrected chi connectivity index (χ4v) is 2.68. The van der Waals surface area contributed by atoms with Crippen LogP contribution in [0.4, 0.5) is 0 Å². The van der Waals surface area contributed by atoms with E-state index in [0.29, 0.717) is 22.2 Å². The minimum absolute atomic E-state index is 0. The lowest BCUT2D eigenvalue weighted by molar-refractivity contribution is 0.0903. The quantitative estimate of drug-likeness (QED) is 0.895. The first-order valence-electron chi connectivity index (χ1n) is 6.04. The zero-order chi connectivity index (χ0) is 13.2. The number of nitrogens with one attached hydrogen (secondary N) is 1. The van der Waals surface area contributed by atoms with E-state index in [-0.39, 0.29) is 23.9 Å². The number of hydrogen-bond acceptors (Lipinski definition) is 2. The topological polar surface area (TPSA) is 55.1 Å². The van der Waals surface area contributed by atoms with E-state index < -0.39 is 0 Å². The van der Waals surface area contributed by atoms with Crippen molar-refractivity contribution in [2.45, 2.75) is 31.2 Å². The van der Waals surface area contributed by atoms with E-state index in [0.717, 1.165) is 25.7 Å². The SMILES string of the molecule is Cl.NCC1(NC(=O)c2ccc(Cl)c(Cl)c2)CCCC1. The zero-order valence-corrected chi connectivity index (χ0v) is 12.7. The predicted octanol–water partition coefficient (Wildman–Crippen LogP) is 3.42. The molecular weight excluding hydrogens is 307 g/mol. The Hall–Kier alpha value is -0.480. The van der Waals surface area contributed by atoms with Gasteiger partial charge in [0.25, 0.3) is 5.91 Å². The molecule has 2 rings (SSSR count). The molecule has 106 valence electrons. The van der Waals surface area contributed by atoms with Crippen LogP contribution in [-0.2, 0) is 0 Å². The van der Waals surface area contributed by atoms with Gasteiger partial charge in [0.2, 0.25) is 0 Å². The molecule has 0 heterocycles. The Morgan fingerprint density at radius 1 is 1.26 bits per heavy atom. The molecule has 1 amide bonds. The molecule has 3 nitrogen and oxygen atoms in total. The molecule has 1 aromatic carbocycles. The second kappa shape index (κ2) is 6.80. The monoisotopic (exact) mass is 322 g/mol. The molecule has 19 heavy (non-hydrogen) atoms. The van der Waals surface area contributed by atoms with Gasteiger partial charge in [0, 0.05) is 12.1 Å². The maximum Gasteiger partial charge on any atom is 0.251 e. The van der Waals surface area contributed by atoms with Crippen LogP contribution in [0.25, 0.3) is 0 Å². The molecule has 0 aromatic heterocycles. The van der Waals surface area contributed by atoms with Crippen LogP contribution in [0.15, 0.2) is 18.2 Å². The molecule has 3 N–H and O–H groups in total. The second-order valence-electron chi connectivity index (χ2n) is 4.77. The van der Waals surface area contributed by atoms with Gasteiger partial charge >= 0.3 is 0 Å². The Morgan fingerprint density at radius 2 is 1.89 bits per heavy atom. The van der Waals surface area contributed by atoms with Crippen LogP contribution in [0.1, 0.15) is 36.0 Å². The Kier molecular flexibility index (Phi) is 5.93. The van der Waals surface area contributed by atoms with Crippen LogP contribution < -0.4 is 11.1 Å². The minimum atomic E-state index is -0.247. The molecule has 0 radical (unpaired) electrons. The molecule has 1 aliphatic rings. The summed E-state index contributed by atoms with van der Waals surface area (Å²) in [5.41, 5.74) is 6.06. The van der Waals surface area contributed by atoms with Crippen LogP contribution in [-0.4, -0.2) is 18.0 Å². The number of nitrogens with two attached hydrogens (primary N) is 1. The summed E-state index contributed by atoms with van der Waals surface area (Å²) >= 11 is 11.7. The third-order valence-corrected chi connectivity index (χ3v) is 4.25. The predicted molar refractivity (Wildman–Crippen MR) is 81.4 cm³/mol. The van der Waals surface area contributed by atoms with Crippen molar-refractivity contribution in [3.8, 4) is 0 Å². The van der Waals surface area contributed by atoms with Crippen molar-refractivity contribution in [1.29, 1.82) is 0 Å². The second-order valence-corrected chi connectivity index (χ2v) is 5.59. The van der Waals surface area contributed by atoms with Crippen LogP contribution in [0.5, 0.6) is 0 Å². The Morgan fingerprint density at radius 3 is 2.42 bits per heavy atom. The van der Waals surface area contributed by atoms with E-state index in [1.807, 2.05) is 0 Å². The minimum Gasteiger partial charge on any atom is -0.345 e. The molecule has 1 fully saturated rings. The van der Waals surface area contributed by atoms with Gasteiger partial charge in [0.05, 0.1) is 15.6 Å². The highest BCUT2D eigenvalue weighted by molar-refractivity contribution is 6.42. The molecule has 1 saturated carbocycles. The third kappa shape index (κ3) is 3.76. The number of carbonyl (C=O) groups is 1. The summed E-state index contributed by atoms with van der Waals surface area (Å²) in [7, 11) is 0. The summed E-state index contributed by atoms with van der Waals surface area (Å²) in [6.45, 7) is 0.472. The third-order valence-electron chi connectivity index (χ3n) is 3.51. The molecule has 0 spiro atoms. The highest BCUT2D eigenvalue weighted by Gasteiger charge is 2.34. The highest BCUT2D eigenvalue weighted by atomic mass is 35.5. The number of halogens is 3. The van der Waals surface area contributed by atoms with Crippen LogP contribution >= 0.6 is 35.6 Å². The van der Waals surface area contributed by atoms with Crippen LogP contribution in [0.3, 0.4) is 0 Å². The van der Waals surface area contributed by atoms with Gasteiger partial charge in [-0.05, 0) is 31.0 Å². The van der Waals surface area contributed by atoms with Gasteiger partial charge in [0.15, 0.2) is 0 Å². The van der Waals surface area contributed by atoms with Crippen molar-refractivity contribution < 1.29 is 4.79 Å². The van der Waals surface area contributed by atoms with Gasteiger partial charge in [-0.2, -0.15) is 0 Å². The average Bonchev–Trinajstić information content (AvgIpc) is 2.82. The van der Waals surface area contributed by atoms with Gasteiger partial charge in [-0.25, -0.2) is 0 Å². The first-order chi connectivity index (χ1) is 8.56. The van der Waals surface area contributed by atoms with E-state index in [1.54, 1.807) is 18.2 Å². The molecule has 0 saturated heterocycles. The summed E-state index contributed by atoms with van der Waals surface area (Å²) < 4.78 is 0. The first kappa shape index (κ1) is 16.6. The number of benzene rings is 1. The molecular formula is C13H17Cl3N2O. The zero-order valence-electron chi connectivity index (χ0n) is 10.4. The maximum atomic E-state index is 12.2. The van der Waals surface area contributed by atoms with Gasteiger partial charge in [-0.15, -0.1) is 12.4 Å². The smallest absolute Gasteiger partial charge is 0.251 e. The van der Waals surface area contributed by atoms with Crippen molar-refractivity contribution in [3.63, 3.8) is 0 Å². The Balaban J connectivity index is 0.00000180. The lowest BCUT2D eigenvalue weighted by Crippen LogP contribution is -2.51. The summed E-state index contributed by atoms with van der Waals surface area (Å²) in [6.07, 6.45) is 4.10. The average molecular weight is 324 g/mol.